The molecule has 2 saturated heterocycles. The molecule has 0 saturated carbocycles. The summed E-state index contributed by atoms with van der Waals surface area (Å²) >= 11 is 0. The van der Waals surface area contributed by atoms with E-state index in [-0.39, 0.29) is 0 Å². The van der Waals surface area contributed by atoms with Crippen LogP contribution in [0.15, 0.2) is 0 Å². The van der Waals surface area contributed by atoms with Gasteiger partial charge in [0.2, 0.25) is 0 Å². The largest absolute Gasteiger partial charge is 0.317 e. The van der Waals surface area contributed by atoms with Crippen LogP contribution in [-0.4, -0.2) is 62.7 Å². The van der Waals surface area contributed by atoms with Crippen molar-refractivity contribution in [2.24, 2.45) is 5.92 Å². The van der Waals surface area contributed by atoms with Gasteiger partial charge in [-0.2, -0.15) is 0 Å². The van der Waals surface area contributed by atoms with Gasteiger partial charge in [-0.1, -0.05) is 12.8 Å². The number of nitrogens with one attached hydrogen (secondary N) is 1. The van der Waals surface area contributed by atoms with E-state index < -0.39 is 0 Å². The summed E-state index contributed by atoms with van der Waals surface area (Å²) in [7, 11) is 4.38. The van der Waals surface area contributed by atoms with Gasteiger partial charge < -0.3 is 10.2 Å². The summed E-state index contributed by atoms with van der Waals surface area (Å²) in [5.74, 6) is 0.950. The third-order valence-corrected chi connectivity index (χ3v) is 4.68. The Hall–Kier alpha value is -0.120. The Morgan fingerprint density at radius 1 is 1.06 bits per heavy atom. The summed E-state index contributed by atoms with van der Waals surface area (Å²) in [5, 5.41) is 3.51. The molecule has 0 aromatic heterocycles. The Balaban J connectivity index is 1.92. The lowest BCUT2D eigenvalue weighted by Gasteiger charge is -2.38. The molecule has 0 aromatic rings. The average Bonchev–Trinajstić information content (AvgIpc) is 2.62. The molecule has 3 nitrogen and oxygen atoms in total. The van der Waals surface area contributed by atoms with Gasteiger partial charge in [0, 0.05) is 19.1 Å². The predicted octanol–water partition coefficient (Wildman–Crippen LogP) is 1.79. The predicted molar refractivity (Wildman–Crippen MR) is 78.0 cm³/mol. The van der Waals surface area contributed by atoms with Crippen LogP contribution < -0.4 is 5.32 Å². The Morgan fingerprint density at radius 2 is 1.83 bits per heavy atom. The molecule has 2 heterocycles. The topological polar surface area (TPSA) is 18.5 Å². The fourth-order valence-corrected chi connectivity index (χ4v) is 3.56. The van der Waals surface area contributed by atoms with Crippen molar-refractivity contribution in [2.45, 2.75) is 44.6 Å². The molecule has 0 spiro atoms. The van der Waals surface area contributed by atoms with E-state index in [9.17, 15) is 0 Å². The van der Waals surface area contributed by atoms with Crippen LogP contribution in [0.5, 0.6) is 0 Å². The number of rotatable bonds is 4. The van der Waals surface area contributed by atoms with Crippen molar-refractivity contribution in [1.29, 1.82) is 0 Å². The van der Waals surface area contributed by atoms with Crippen LogP contribution >= 0.6 is 0 Å². The van der Waals surface area contributed by atoms with Gasteiger partial charge >= 0.3 is 0 Å². The molecule has 0 amide bonds. The standard InChI is InChI=1S/C15H31N3/c1-17(2)12-13-18-11-5-3-4-6-15(18)14-7-9-16-10-8-14/h14-16H,3-13H2,1-2H3. The van der Waals surface area contributed by atoms with Gasteiger partial charge in [-0.05, 0) is 65.3 Å². The van der Waals surface area contributed by atoms with Crippen LogP contribution in [0.4, 0.5) is 0 Å². The summed E-state index contributed by atoms with van der Waals surface area (Å²) in [5.41, 5.74) is 0. The zero-order valence-electron chi connectivity index (χ0n) is 12.3. The van der Waals surface area contributed by atoms with Crippen molar-refractivity contribution in [3.8, 4) is 0 Å². The molecule has 0 aromatic carbocycles. The molecule has 106 valence electrons. The summed E-state index contributed by atoms with van der Waals surface area (Å²) in [6.45, 7) is 6.29. The smallest absolute Gasteiger partial charge is 0.0125 e. The number of hydrogen-bond donors (Lipinski definition) is 1. The van der Waals surface area contributed by atoms with Crippen LogP contribution in [-0.2, 0) is 0 Å². The van der Waals surface area contributed by atoms with E-state index in [4.69, 9.17) is 0 Å². The van der Waals surface area contributed by atoms with Crippen LogP contribution in [0.2, 0.25) is 0 Å². The number of piperidine rings is 1. The first-order chi connectivity index (χ1) is 8.77. The number of likely N-dealkylation sites (tertiary alicyclic amines) is 1. The Labute approximate surface area is 113 Å². The number of likely N-dealkylation sites (N-methyl/N-ethyl adjacent to an activating group) is 1. The number of nitrogens with zero attached hydrogens (tertiary/aromatic N) is 2. The van der Waals surface area contributed by atoms with E-state index >= 15 is 0 Å². The second-order valence-corrected chi connectivity index (χ2v) is 6.34. The van der Waals surface area contributed by atoms with Crippen molar-refractivity contribution < 1.29 is 0 Å². The fourth-order valence-electron chi connectivity index (χ4n) is 3.56. The molecular weight excluding hydrogens is 222 g/mol. The summed E-state index contributed by atoms with van der Waals surface area (Å²) in [6, 6.07) is 0.870. The Kier molecular flexibility index (Phi) is 5.93. The van der Waals surface area contributed by atoms with Crippen LogP contribution in [0.3, 0.4) is 0 Å². The molecule has 0 aliphatic carbocycles. The van der Waals surface area contributed by atoms with Gasteiger partial charge in [0.1, 0.15) is 0 Å². The molecule has 3 heteroatoms. The van der Waals surface area contributed by atoms with E-state index in [0.717, 1.165) is 12.0 Å². The summed E-state index contributed by atoms with van der Waals surface area (Å²) in [6.07, 6.45) is 8.53. The highest BCUT2D eigenvalue weighted by atomic mass is 15.2. The highest BCUT2D eigenvalue weighted by molar-refractivity contribution is 4.85. The van der Waals surface area contributed by atoms with E-state index in [1.54, 1.807) is 0 Å². The van der Waals surface area contributed by atoms with Crippen LogP contribution in [0, 0.1) is 5.92 Å². The third kappa shape index (κ3) is 4.22. The minimum Gasteiger partial charge on any atom is -0.317 e. The van der Waals surface area contributed by atoms with Crippen LogP contribution in [0.1, 0.15) is 38.5 Å². The highest BCUT2D eigenvalue weighted by Crippen LogP contribution is 2.28. The highest BCUT2D eigenvalue weighted by Gasteiger charge is 2.29. The molecule has 2 rings (SSSR count). The molecule has 1 N–H and O–H groups in total. The second-order valence-electron chi connectivity index (χ2n) is 6.34. The Morgan fingerprint density at radius 3 is 2.56 bits per heavy atom. The van der Waals surface area contributed by atoms with Crippen molar-refractivity contribution in [3.63, 3.8) is 0 Å². The average molecular weight is 253 g/mol. The number of hydrogen-bond acceptors (Lipinski definition) is 3. The van der Waals surface area contributed by atoms with Gasteiger partial charge in [-0.3, -0.25) is 4.90 Å². The summed E-state index contributed by atoms with van der Waals surface area (Å²) < 4.78 is 0. The lowest BCUT2D eigenvalue weighted by Crippen LogP contribution is -2.46. The first-order valence-electron chi connectivity index (χ1n) is 7.87. The van der Waals surface area contributed by atoms with Crippen molar-refractivity contribution >= 4 is 0 Å². The van der Waals surface area contributed by atoms with Gasteiger partial charge in [0.25, 0.3) is 0 Å². The van der Waals surface area contributed by atoms with Crippen molar-refractivity contribution in [1.82, 2.24) is 15.1 Å². The van der Waals surface area contributed by atoms with Crippen molar-refractivity contribution in [3.05, 3.63) is 0 Å². The minimum atomic E-state index is 0.870. The first kappa shape index (κ1) is 14.3. The maximum atomic E-state index is 3.51. The lowest BCUT2D eigenvalue weighted by molar-refractivity contribution is 0.114. The zero-order valence-corrected chi connectivity index (χ0v) is 12.3. The molecule has 1 unspecified atom stereocenters. The maximum Gasteiger partial charge on any atom is 0.0125 e. The SMILES string of the molecule is CN(C)CCN1CCCCCC1C1CCNCC1. The second kappa shape index (κ2) is 7.46. The van der Waals surface area contributed by atoms with Gasteiger partial charge in [-0.15, -0.1) is 0 Å². The molecule has 0 radical (unpaired) electrons. The quantitative estimate of drug-likeness (QED) is 0.824. The molecule has 18 heavy (non-hydrogen) atoms. The normalized spacial score (nSPS) is 28.5. The minimum absolute atomic E-state index is 0.870. The maximum absolute atomic E-state index is 3.51. The zero-order chi connectivity index (χ0) is 12.8. The van der Waals surface area contributed by atoms with Gasteiger partial charge in [0.05, 0.1) is 0 Å². The molecule has 2 fully saturated rings. The van der Waals surface area contributed by atoms with Crippen LogP contribution in [0.25, 0.3) is 0 Å². The molecule has 0 bridgehead atoms. The fraction of sp³-hybridized carbons (Fsp3) is 1.00. The van der Waals surface area contributed by atoms with E-state index in [0.29, 0.717) is 0 Å². The monoisotopic (exact) mass is 253 g/mol. The van der Waals surface area contributed by atoms with E-state index in [1.165, 1.54) is 71.2 Å². The van der Waals surface area contributed by atoms with Gasteiger partial charge in [0.15, 0.2) is 0 Å². The summed E-state index contributed by atoms with van der Waals surface area (Å²) in [4.78, 5) is 5.13. The van der Waals surface area contributed by atoms with Crippen molar-refractivity contribution in [2.75, 3.05) is 46.8 Å². The van der Waals surface area contributed by atoms with E-state index in [2.05, 4.69) is 29.2 Å². The molecule has 2 aliphatic rings. The molecule has 1 atom stereocenters. The lowest BCUT2D eigenvalue weighted by atomic mass is 9.87. The van der Waals surface area contributed by atoms with Gasteiger partial charge in [-0.25, -0.2) is 0 Å². The molecule has 2 aliphatic heterocycles. The third-order valence-electron chi connectivity index (χ3n) is 4.68. The first-order valence-corrected chi connectivity index (χ1v) is 7.87. The molecular formula is C15H31N3. The van der Waals surface area contributed by atoms with E-state index in [1.807, 2.05) is 0 Å². The Bertz CT molecular complexity index is 224.